The van der Waals surface area contributed by atoms with Crippen molar-refractivity contribution in [2.75, 3.05) is 5.32 Å². The van der Waals surface area contributed by atoms with Gasteiger partial charge in [-0.3, -0.25) is 19.0 Å². The van der Waals surface area contributed by atoms with Gasteiger partial charge in [0.1, 0.15) is 4.83 Å². The summed E-state index contributed by atoms with van der Waals surface area (Å²) in [4.78, 5) is 41.2. The van der Waals surface area contributed by atoms with Gasteiger partial charge >= 0.3 is 0 Å². The highest BCUT2D eigenvalue weighted by Crippen LogP contribution is 2.24. The van der Waals surface area contributed by atoms with E-state index in [9.17, 15) is 14.4 Å². The number of carbonyl (C=O) groups excluding carboxylic acids is 2. The van der Waals surface area contributed by atoms with Crippen LogP contribution in [0, 0.1) is 0 Å². The van der Waals surface area contributed by atoms with Gasteiger partial charge in [0, 0.05) is 18.3 Å². The van der Waals surface area contributed by atoms with E-state index in [0.29, 0.717) is 26.6 Å². The Morgan fingerprint density at radius 1 is 1.23 bits per heavy atom. The minimum absolute atomic E-state index is 0.0252. The molecule has 0 bridgehead atoms. The Labute approximate surface area is 158 Å². The SMILES string of the molecule is CC(=O)c1ccc(NC(=O)C(C)Sc2nc3sccc3c(=O)n2C)cc1. The molecule has 0 radical (unpaired) electrons. The summed E-state index contributed by atoms with van der Waals surface area (Å²) < 4.78 is 1.46. The predicted molar refractivity (Wildman–Crippen MR) is 105 cm³/mol. The van der Waals surface area contributed by atoms with Crippen molar-refractivity contribution in [3.8, 4) is 0 Å². The molecule has 1 amide bonds. The molecule has 8 heteroatoms. The molecule has 0 saturated heterocycles. The molecule has 0 spiro atoms. The minimum Gasteiger partial charge on any atom is -0.325 e. The number of rotatable bonds is 5. The Morgan fingerprint density at radius 3 is 2.58 bits per heavy atom. The third-order valence-electron chi connectivity index (χ3n) is 3.87. The van der Waals surface area contributed by atoms with E-state index >= 15 is 0 Å². The van der Waals surface area contributed by atoms with Gasteiger partial charge in [-0.25, -0.2) is 4.98 Å². The third kappa shape index (κ3) is 3.71. The van der Waals surface area contributed by atoms with E-state index in [2.05, 4.69) is 10.3 Å². The number of thiophene rings is 1. The Bertz CT molecular complexity index is 1040. The average Bonchev–Trinajstić information content (AvgIpc) is 3.08. The van der Waals surface area contributed by atoms with Gasteiger partial charge in [-0.05, 0) is 49.6 Å². The summed E-state index contributed by atoms with van der Waals surface area (Å²) in [7, 11) is 1.65. The molecule has 134 valence electrons. The second-order valence-corrected chi connectivity index (χ2v) is 7.98. The maximum Gasteiger partial charge on any atom is 0.262 e. The Balaban J connectivity index is 1.74. The predicted octanol–water partition coefficient (Wildman–Crippen LogP) is 3.32. The molecule has 0 fully saturated rings. The van der Waals surface area contributed by atoms with Crippen LogP contribution in [0.2, 0.25) is 0 Å². The Kier molecular flexibility index (Phi) is 5.24. The van der Waals surface area contributed by atoms with Gasteiger partial charge in [-0.15, -0.1) is 11.3 Å². The minimum atomic E-state index is -0.446. The fourth-order valence-corrected chi connectivity index (χ4v) is 4.01. The van der Waals surface area contributed by atoms with Crippen molar-refractivity contribution < 1.29 is 9.59 Å². The van der Waals surface area contributed by atoms with Crippen LogP contribution in [-0.2, 0) is 11.8 Å². The first kappa shape index (κ1) is 18.3. The summed E-state index contributed by atoms with van der Waals surface area (Å²) in [6.07, 6.45) is 0. The van der Waals surface area contributed by atoms with E-state index in [1.807, 2.05) is 5.38 Å². The van der Waals surface area contributed by atoms with E-state index in [4.69, 9.17) is 0 Å². The van der Waals surface area contributed by atoms with Crippen molar-refractivity contribution >= 4 is 50.7 Å². The number of anilines is 1. The molecule has 1 unspecified atom stereocenters. The number of nitrogens with zero attached hydrogens (tertiary/aromatic N) is 2. The first-order valence-corrected chi connectivity index (χ1v) is 9.65. The second-order valence-electron chi connectivity index (χ2n) is 5.78. The second kappa shape index (κ2) is 7.43. The van der Waals surface area contributed by atoms with Crippen LogP contribution in [0.4, 0.5) is 5.69 Å². The van der Waals surface area contributed by atoms with Crippen molar-refractivity contribution in [2.45, 2.75) is 24.3 Å². The van der Waals surface area contributed by atoms with Crippen LogP contribution in [0.3, 0.4) is 0 Å². The number of hydrogen-bond donors (Lipinski definition) is 1. The molecule has 2 aromatic heterocycles. The molecule has 3 aromatic rings. The number of aromatic nitrogens is 2. The molecule has 26 heavy (non-hydrogen) atoms. The van der Waals surface area contributed by atoms with E-state index in [1.54, 1.807) is 44.3 Å². The molecular weight excluding hydrogens is 370 g/mol. The molecule has 1 atom stereocenters. The average molecular weight is 387 g/mol. The normalized spacial score (nSPS) is 12.1. The molecule has 1 aromatic carbocycles. The topological polar surface area (TPSA) is 81.1 Å². The van der Waals surface area contributed by atoms with Crippen LogP contribution in [0.5, 0.6) is 0 Å². The van der Waals surface area contributed by atoms with Gasteiger partial charge in [-0.1, -0.05) is 11.8 Å². The van der Waals surface area contributed by atoms with Crippen LogP contribution < -0.4 is 10.9 Å². The number of fused-ring (bicyclic) bond motifs is 1. The van der Waals surface area contributed by atoms with Crippen LogP contribution >= 0.6 is 23.1 Å². The van der Waals surface area contributed by atoms with Gasteiger partial charge in [0.15, 0.2) is 10.9 Å². The Hall–Kier alpha value is -2.45. The van der Waals surface area contributed by atoms with Crippen LogP contribution in [0.25, 0.3) is 10.2 Å². The van der Waals surface area contributed by atoms with Gasteiger partial charge in [-0.2, -0.15) is 0 Å². The van der Waals surface area contributed by atoms with Crippen molar-refractivity contribution in [1.29, 1.82) is 0 Å². The maximum absolute atomic E-state index is 12.4. The number of carbonyl (C=O) groups is 2. The summed E-state index contributed by atoms with van der Waals surface area (Å²) in [5, 5.41) is 5.28. The molecule has 6 nitrogen and oxygen atoms in total. The van der Waals surface area contributed by atoms with Crippen molar-refractivity contribution in [2.24, 2.45) is 7.05 Å². The van der Waals surface area contributed by atoms with E-state index in [-0.39, 0.29) is 17.2 Å². The number of amides is 1. The van der Waals surface area contributed by atoms with Gasteiger partial charge in [0.25, 0.3) is 5.56 Å². The van der Waals surface area contributed by atoms with E-state index in [0.717, 1.165) is 0 Å². The summed E-state index contributed by atoms with van der Waals surface area (Å²) in [6.45, 7) is 3.25. The molecule has 3 rings (SSSR count). The largest absolute Gasteiger partial charge is 0.325 e. The summed E-state index contributed by atoms with van der Waals surface area (Å²) in [5.74, 6) is -0.228. The number of benzene rings is 1. The zero-order chi connectivity index (χ0) is 18.8. The van der Waals surface area contributed by atoms with E-state index in [1.165, 1.54) is 34.6 Å². The standard InChI is InChI=1S/C18H17N3O3S2/c1-10(22)12-4-6-13(7-5-12)19-15(23)11(2)26-18-20-16-14(8-9-25-16)17(24)21(18)3/h4-9,11H,1-3H3,(H,19,23). The highest BCUT2D eigenvalue weighted by Gasteiger charge is 2.19. The lowest BCUT2D eigenvalue weighted by atomic mass is 10.1. The monoisotopic (exact) mass is 387 g/mol. The first-order valence-electron chi connectivity index (χ1n) is 7.89. The Morgan fingerprint density at radius 2 is 1.92 bits per heavy atom. The zero-order valence-electron chi connectivity index (χ0n) is 14.5. The van der Waals surface area contributed by atoms with Crippen LogP contribution in [-0.4, -0.2) is 26.5 Å². The third-order valence-corrected chi connectivity index (χ3v) is 5.82. The molecule has 0 aliphatic carbocycles. The van der Waals surface area contributed by atoms with Crippen LogP contribution in [0.15, 0.2) is 45.7 Å². The first-order chi connectivity index (χ1) is 12.4. The zero-order valence-corrected chi connectivity index (χ0v) is 16.1. The number of nitrogens with one attached hydrogen (secondary N) is 1. The fraction of sp³-hybridized carbons (Fsp3) is 0.222. The lowest BCUT2D eigenvalue weighted by Gasteiger charge is -2.13. The van der Waals surface area contributed by atoms with Gasteiger partial charge in [0.2, 0.25) is 5.91 Å². The van der Waals surface area contributed by atoms with Gasteiger partial charge in [0.05, 0.1) is 10.6 Å². The lowest BCUT2D eigenvalue weighted by molar-refractivity contribution is -0.115. The molecule has 2 heterocycles. The molecule has 0 saturated carbocycles. The number of thioether (sulfide) groups is 1. The van der Waals surface area contributed by atoms with Crippen molar-refractivity contribution in [3.63, 3.8) is 0 Å². The van der Waals surface area contributed by atoms with Crippen molar-refractivity contribution in [1.82, 2.24) is 9.55 Å². The number of ketones is 1. The summed E-state index contributed by atoms with van der Waals surface area (Å²) in [5.41, 5.74) is 1.09. The molecule has 0 aliphatic rings. The quantitative estimate of drug-likeness (QED) is 0.413. The molecular formula is C18H17N3O3S2. The smallest absolute Gasteiger partial charge is 0.262 e. The highest BCUT2D eigenvalue weighted by atomic mass is 32.2. The fourth-order valence-electron chi connectivity index (χ4n) is 2.33. The summed E-state index contributed by atoms with van der Waals surface area (Å²) >= 11 is 2.63. The maximum atomic E-state index is 12.4. The molecule has 0 aliphatic heterocycles. The highest BCUT2D eigenvalue weighted by molar-refractivity contribution is 8.00. The number of hydrogen-bond acceptors (Lipinski definition) is 6. The summed E-state index contributed by atoms with van der Waals surface area (Å²) in [6, 6.07) is 8.48. The van der Waals surface area contributed by atoms with Crippen molar-refractivity contribution in [3.05, 3.63) is 51.6 Å². The number of Topliss-reactive ketones (excluding diaryl/α,β-unsaturated/α-hetero) is 1. The van der Waals surface area contributed by atoms with E-state index < -0.39 is 5.25 Å². The lowest BCUT2D eigenvalue weighted by Crippen LogP contribution is -2.25. The molecule has 1 N–H and O–H groups in total. The van der Waals surface area contributed by atoms with Gasteiger partial charge < -0.3 is 5.32 Å². The van der Waals surface area contributed by atoms with Crippen LogP contribution in [0.1, 0.15) is 24.2 Å².